The van der Waals surface area contributed by atoms with E-state index in [1.165, 1.54) is 0 Å². The van der Waals surface area contributed by atoms with Crippen LogP contribution in [0.5, 0.6) is 11.5 Å². The number of hydrogen-bond donors (Lipinski definition) is 0. The molecule has 0 spiro atoms. The molecule has 0 saturated heterocycles. The van der Waals surface area contributed by atoms with Gasteiger partial charge >= 0.3 is 0 Å². The molecule has 0 atom stereocenters. The minimum atomic E-state index is -0.888. The number of rotatable bonds is 10. The van der Waals surface area contributed by atoms with E-state index in [1.807, 2.05) is 102 Å². The number of imidazole rings is 1. The summed E-state index contributed by atoms with van der Waals surface area (Å²) in [6.07, 6.45) is 6.42. The summed E-state index contributed by atoms with van der Waals surface area (Å²) in [5, 5.41) is 0.931. The number of nitrogens with zero attached hydrogens (tertiary/aromatic N) is 4. The molecule has 10 rings (SSSR count). The van der Waals surface area contributed by atoms with Gasteiger partial charge in [0.25, 0.3) is 6.33 Å². The van der Waals surface area contributed by atoms with Gasteiger partial charge in [-0.2, -0.15) is 0 Å². The number of benzene rings is 7. The lowest BCUT2D eigenvalue weighted by atomic mass is 9.78. The molecule has 5 nitrogen and oxygen atoms in total. The third-order valence-corrected chi connectivity index (χ3v) is 12.5. The number of ether oxygens (including phenoxy) is 1. The first kappa shape index (κ1) is 32.4. The minimum absolute atomic E-state index is 0.0723. The van der Waals surface area contributed by atoms with E-state index < -0.39 is 24.0 Å². The van der Waals surface area contributed by atoms with Gasteiger partial charge in [-0.1, -0.05) is 170 Å². The van der Waals surface area contributed by atoms with Gasteiger partial charge in [0.2, 0.25) is 0 Å². The van der Waals surface area contributed by atoms with Crippen molar-refractivity contribution in [3.05, 3.63) is 199 Å². The van der Waals surface area contributed by atoms with Gasteiger partial charge in [0.15, 0.2) is 0 Å². The molecule has 0 bridgehead atoms. The van der Waals surface area contributed by atoms with E-state index in [4.69, 9.17) is 19.3 Å². The Morgan fingerprint density at radius 3 is 2.06 bits per heavy atom. The Labute approximate surface area is 403 Å². The van der Waals surface area contributed by atoms with Crippen LogP contribution in [0, 0.1) is 6.33 Å². The van der Waals surface area contributed by atoms with Crippen LogP contribution < -0.4 is 9.30 Å². The van der Waals surface area contributed by atoms with Crippen molar-refractivity contribution in [3.63, 3.8) is 0 Å². The highest BCUT2D eigenvalue weighted by Gasteiger charge is 2.25. The summed E-state index contributed by atoms with van der Waals surface area (Å²) in [6.45, 7) is 17.0. The van der Waals surface area contributed by atoms with E-state index in [0.29, 0.717) is 63.4 Å². The Morgan fingerprint density at radius 2 is 1.32 bits per heavy atom. The Morgan fingerprint density at radius 1 is 0.636 bits per heavy atom. The number of fused-ring (bicyclic) bond motifs is 4. The summed E-state index contributed by atoms with van der Waals surface area (Å²) < 4.78 is 101. The van der Waals surface area contributed by atoms with Crippen molar-refractivity contribution < 1.29 is 23.0 Å². The van der Waals surface area contributed by atoms with Crippen LogP contribution in [0.2, 0.25) is 0 Å². The fraction of sp³-hybridized carbons (Fsp3) is 0.213. The number of para-hydroxylation sites is 4. The highest BCUT2D eigenvalue weighted by atomic mass is 16.5. The van der Waals surface area contributed by atoms with E-state index in [9.17, 15) is 4.11 Å². The highest BCUT2D eigenvalue weighted by Crippen LogP contribution is 2.40. The van der Waals surface area contributed by atoms with Crippen LogP contribution in [0.1, 0.15) is 105 Å². The van der Waals surface area contributed by atoms with E-state index in [2.05, 4.69) is 66.1 Å². The van der Waals surface area contributed by atoms with Gasteiger partial charge in [-0.05, 0) is 117 Å². The van der Waals surface area contributed by atoms with Crippen LogP contribution in [0.4, 0.5) is 0 Å². The van der Waals surface area contributed by atoms with Gasteiger partial charge in [0.1, 0.15) is 17.3 Å². The zero-order valence-corrected chi connectivity index (χ0v) is 38.7. The summed E-state index contributed by atoms with van der Waals surface area (Å²) in [5.74, 6) is 0.427. The zero-order valence-electron chi connectivity index (χ0n) is 48.7. The summed E-state index contributed by atoms with van der Waals surface area (Å²) in [4.78, 5) is 4.72. The molecule has 0 N–H and O–H groups in total. The summed E-state index contributed by atoms with van der Waals surface area (Å²) in [6, 6.07) is 33.7. The lowest BCUT2D eigenvalue weighted by Gasteiger charge is -2.27. The monoisotopic (exact) mass is 873 g/mol. The molecule has 7 aromatic carbocycles. The van der Waals surface area contributed by atoms with E-state index in [-0.39, 0.29) is 58.2 Å². The second-order valence-electron chi connectivity index (χ2n) is 18.8. The Hall–Kier alpha value is -7.24. The van der Waals surface area contributed by atoms with Crippen molar-refractivity contribution in [3.8, 4) is 50.9 Å². The number of pyridine rings is 1. The predicted octanol–water partition coefficient (Wildman–Crippen LogP) is 15.8. The molecule has 0 unspecified atom stereocenters. The van der Waals surface area contributed by atoms with Crippen LogP contribution in [0.25, 0.3) is 72.3 Å². The molecule has 0 aliphatic heterocycles. The molecule has 0 aliphatic carbocycles. The average Bonchev–Trinajstić information content (AvgIpc) is 3.98. The molecule has 0 amide bonds. The van der Waals surface area contributed by atoms with Crippen LogP contribution in [0.15, 0.2) is 176 Å². The maximum Gasteiger partial charge on any atom is 0.269 e. The van der Waals surface area contributed by atoms with Gasteiger partial charge in [0.05, 0.1) is 45.8 Å². The molecule has 0 aliphatic rings. The summed E-state index contributed by atoms with van der Waals surface area (Å²) >= 11 is 0. The fourth-order valence-corrected chi connectivity index (χ4v) is 8.91. The fourth-order valence-electron chi connectivity index (χ4n) is 8.91. The molecule has 3 heterocycles. The smallest absolute Gasteiger partial charge is 0.269 e. The maximum absolute atomic E-state index is 9.23. The van der Waals surface area contributed by atoms with Gasteiger partial charge in [-0.15, -0.1) is 0 Å². The molecule has 0 radical (unpaired) electrons. The molecule has 5 heteroatoms. The molecule has 3 aromatic heterocycles. The summed E-state index contributed by atoms with van der Waals surface area (Å²) in [7, 11) is 0. The van der Waals surface area contributed by atoms with Crippen molar-refractivity contribution in [2.45, 2.75) is 85.0 Å². The lowest BCUT2D eigenvalue weighted by molar-refractivity contribution is -0.571. The summed E-state index contributed by atoms with van der Waals surface area (Å²) in [5.41, 5.74) is 8.34. The first-order chi connectivity index (χ1) is 36.0. The second kappa shape index (κ2) is 17.0. The predicted molar refractivity (Wildman–Crippen MR) is 274 cm³/mol. The minimum Gasteiger partial charge on any atom is -0.458 e. The molecule has 66 heavy (non-hydrogen) atoms. The average molecular weight is 873 g/mol. The normalized spacial score (nSPS) is 14.5. The standard InChI is InChI=1S/C61H58N4O/c1-9-41(10-2)43-32-33-62-58(36-43)65-54-27-15-14-24-52(54)53-31-30-49(39-57(53)65)66-48-23-18-22-47(38-48)63-40-64(56-29-17-16-28-55(56)63)59-50(42-20-12-11-13-21-42)25-19-26-51(59)44-34-45(60(3,4)5)37-46(35-44)61(6,7)8/h11-39,41H,9-10H2,1-8H3/i11D,12D,13D,14D,15D,20D,21D,24D,27D,41D. The van der Waals surface area contributed by atoms with E-state index in [1.54, 1.807) is 29.0 Å². The lowest BCUT2D eigenvalue weighted by Crippen LogP contribution is -2.31. The van der Waals surface area contributed by atoms with Gasteiger partial charge < -0.3 is 4.74 Å². The van der Waals surface area contributed by atoms with Crippen LogP contribution in [-0.4, -0.2) is 14.1 Å². The Balaban J connectivity index is 1.16. The third kappa shape index (κ3) is 7.87. The van der Waals surface area contributed by atoms with E-state index in [0.717, 1.165) is 38.9 Å². The van der Waals surface area contributed by atoms with Crippen molar-refractivity contribution in [2.24, 2.45) is 0 Å². The zero-order chi connectivity index (χ0) is 54.5. The van der Waals surface area contributed by atoms with Gasteiger partial charge in [-0.3, -0.25) is 13.7 Å². The first-order valence-electron chi connectivity index (χ1n) is 27.6. The largest absolute Gasteiger partial charge is 0.458 e. The van der Waals surface area contributed by atoms with Crippen LogP contribution >= 0.6 is 0 Å². The molecule has 0 fully saturated rings. The van der Waals surface area contributed by atoms with Crippen molar-refractivity contribution in [1.82, 2.24) is 14.1 Å². The van der Waals surface area contributed by atoms with Crippen molar-refractivity contribution in [1.29, 1.82) is 0 Å². The molecule has 10 aromatic rings. The second-order valence-corrected chi connectivity index (χ2v) is 18.8. The topological polar surface area (TPSA) is 35.9 Å². The molecular weight excluding hydrogens is 805 g/mol. The van der Waals surface area contributed by atoms with Crippen LogP contribution in [-0.2, 0) is 10.8 Å². The molecular formula is C61H58N4O. The third-order valence-electron chi connectivity index (χ3n) is 12.5. The van der Waals surface area contributed by atoms with Gasteiger partial charge in [0, 0.05) is 24.4 Å². The van der Waals surface area contributed by atoms with Gasteiger partial charge in [-0.25, -0.2) is 4.98 Å². The van der Waals surface area contributed by atoms with Crippen LogP contribution in [0.3, 0.4) is 0 Å². The first-order valence-corrected chi connectivity index (χ1v) is 22.6. The van der Waals surface area contributed by atoms with Crippen molar-refractivity contribution >= 4 is 32.8 Å². The number of aromatic nitrogens is 4. The molecule has 328 valence electrons. The Bertz CT molecular complexity index is 3930. The van der Waals surface area contributed by atoms with Crippen molar-refractivity contribution in [2.75, 3.05) is 0 Å². The maximum atomic E-state index is 9.23. The Kier molecular flexibility index (Phi) is 8.33. The molecule has 0 saturated carbocycles. The number of hydrogen-bond acceptors (Lipinski definition) is 2. The highest BCUT2D eigenvalue weighted by molar-refractivity contribution is 6.09. The SMILES string of the molecule is [2H]c1c([2H])c([2H])c(-c2cccc(-c3cc(C(C)(C)C)cc(C(C)(C)C)c3)c2-[n+]2[c-]n(-c3cccc(Oc4ccc5c6c([2H])c([2H])c([2H])c([2H])c6n(-c6cc(C([2H])(CC)CC)ccn6)c5c4)c3)c3ccccc32)c([2H])c1[2H]. The van der Waals surface area contributed by atoms with E-state index >= 15 is 0 Å². The quantitative estimate of drug-likeness (QED) is 0.101.